The van der Waals surface area contributed by atoms with Gasteiger partial charge in [-0.15, -0.1) is 0 Å². The fourth-order valence-corrected chi connectivity index (χ4v) is 6.64. The van der Waals surface area contributed by atoms with Crippen molar-refractivity contribution in [3.05, 3.63) is 51.2 Å². The molecule has 2 aromatic rings. The van der Waals surface area contributed by atoms with Crippen LogP contribution >= 0.6 is 0 Å². The van der Waals surface area contributed by atoms with Gasteiger partial charge in [0.05, 0.1) is 36.0 Å². The summed E-state index contributed by atoms with van der Waals surface area (Å²) in [6.07, 6.45) is 1.58. The molecule has 2 saturated heterocycles. The number of methoxy groups -OCH3 is 1. The van der Waals surface area contributed by atoms with Crippen LogP contribution in [0, 0.1) is 21.4 Å². The summed E-state index contributed by atoms with van der Waals surface area (Å²) in [5.74, 6) is -0.532. The summed E-state index contributed by atoms with van der Waals surface area (Å²) in [6, 6.07) is 8.87. The molecule has 14 heteroatoms. The maximum Gasteiger partial charge on any atom is 0.407 e. The monoisotopic (exact) mass is 593 g/mol. The topological polar surface area (TPSA) is 175 Å². The SMILES string of the molecule is COC(=O)C1(Cc2nc(OCC3CCCN3C)nc(N3CCN(C(=O)O)[C@@H](CC#N)C3)c2[N+](=O)[O-])CCc2ccccc21. The first-order chi connectivity index (χ1) is 20.7. The lowest BCUT2D eigenvalue weighted by Gasteiger charge is -2.39. The number of anilines is 1. The number of piperazine rings is 1. The zero-order valence-corrected chi connectivity index (χ0v) is 24.3. The molecular weight excluding hydrogens is 558 g/mol. The minimum atomic E-state index is -1.20. The van der Waals surface area contributed by atoms with Gasteiger partial charge in [-0.1, -0.05) is 24.3 Å². The summed E-state index contributed by atoms with van der Waals surface area (Å²) >= 11 is 0. The van der Waals surface area contributed by atoms with Crippen molar-refractivity contribution in [2.24, 2.45) is 0 Å². The molecule has 1 aliphatic carbocycles. The Morgan fingerprint density at radius 3 is 2.70 bits per heavy atom. The number of likely N-dealkylation sites (N-methyl/N-ethyl adjacent to an activating group) is 1. The molecule has 1 amide bonds. The summed E-state index contributed by atoms with van der Waals surface area (Å²) in [7, 11) is 3.30. The van der Waals surface area contributed by atoms with Crippen LogP contribution in [0.15, 0.2) is 24.3 Å². The highest BCUT2D eigenvalue weighted by Crippen LogP contribution is 2.45. The fraction of sp³-hybridized carbons (Fsp3) is 0.552. The zero-order chi connectivity index (χ0) is 30.7. The van der Waals surface area contributed by atoms with E-state index in [0.29, 0.717) is 12.8 Å². The maximum absolute atomic E-state index is 13.4. The number of hydrogen-bond acceptors (Lipinski definition) is 11. The predicted octanol–water partition coefficient (Wildman–Crippen LogP) is 2.54. The van der Waals surface area contributed by atoms with Gasteiger partial charge in [-0.2, -0.15) is 15.2 Å². The number of aryl methyl sites for hydroxylation is 1. The number of carbonyl (C=O) groups excluding carboxylic acids is 1. The van der Waals surface area contributed by atoms with Crippen LogP contribution in [0.3, 0.4) is 0 Å². The number of rotatable bonds is 9. The second kappa shape index (κ2) is 12.4. The number of nitrogens with zero attached hydrogens (tertiary/aromatic N) is 7. The van der Waals surface area contributed by atoms with Crippen molar-refractivity contribution in [1.82, 2.24) is 19.8 Å². The molecule has 2 fully saturated rings. The van der Waals surface area contributed by atoms with E-state index in [-0.39, 0.29) is 68.3 Å². The van der Waals surface area contributed by atoms with E-state index in [4.69, 9.17) is 9.47 Å². The predicted molar refractivity (Wildman–Crippen MR) is 153 cm³/mol. The van der Waals surface area contributed by atoms with Crippen molar-refractivity contribution in [2.75, 3.05) is 51.8 Å². The van der Waals surface area contributed by atoms with Crippen molar-refractivity contribution in [1.29, 1.82) is 5.26 Å². The number of nitro groups is 1. The van der Waals surface area contributed by atoms with E-state index in [1.54, 1.807) is 4.90 Å². The number of ether oxygens (including phenoxy) is 2. The first-order valence-electron chi connectivity index (χ1n) is 14.3. The van der Waals surface area contributed by atoms with Crippen LogP contribution in [0.4, 0.5) is 16.3 Å². The molecule has 1 N–H and O–H groups in total. The van der Waals surface area contributed by atoms with Gasteiger partial charge in [0.25, 0.3) is 0 Å². The third kappa shape index (κ3) is 5.77. The number of carbonyl (C=O) groups is 2. The van der Waals surface area contributed by atoms with Crippen LogP contribution in [0.1, 0.15) is 42.5 Å². The van der Waals surface area contributed by atoms with Gasteiger partial charge < -0.3 is 29.3 Å². The molecule has 0 bridgehead atoms. The minimum absolute atomic E-state index is 0.0208. The highest BCUT2D eigenvalue weighted by atomic mass is 16.6. The molecule has 3 aliphatic rings. The summed E-state index contributed by atoms with van der Waals surface area (Å²) in [6.45, 7) is 1.37. The van der Waals surface area contributed by atoms with Crippen LogP contribution in [-0.4, -0.2) is 101 Å². The van der Waals surface area contributed by atoms with Crippen LogP contribution < -0.4 is 9.64 Å². The average Bonchev–Trinajstić information content (AvgIpc) is 3.58. The molecule has 0 spiro atoms. The van der Waals surface area contributed by atoms with Crippen LogP contribution in [0.5, 0.6) is 6.01 Å². The number of nitriles is 1. The van der Waals surface area contributed by atoms with Gasteiger partial charge in [-0.25, -0.2) is 4.79 Å². The highest BCUT2D eigenvalue weighted by Gasteiger charge is 2.49. The Kier molecular flexibility index (Phi) is 8.63. The molecule has 0 radical (unpaired) electrons. The van der Waals surface area contributed by atoms with E-state index >= 15 is 0 Å². The van der Waals surface area contributed by atoms with Gasteiger partial charge >= 0.3 is 23.8 Å². The minimum Gasteiger partial charge on any atom is -0.468 e. The van der Waals surface area contributed by atoms with Crippen LogP contribution in [-0.2, 0) is 27.8 Å². The van der Waals surface area contributed by atoms with Crippen molar-refractivity contribution < 1.29 is 29.1 Å². The maximum atomic E-state index is 13.4. The lowest BCUT2D eigenvalue weighted by atomic mass is 9.77. The van der Waals surface area contributed by atoms with Gasteiger partial charge in [0.2, 0.25) is 5.82 Å². The average molecular weight is 594 g/mol. The third-order valence-electron chi connectivity index (χ3n) is 8.93. The smallest absolute Gasteiger partial charge is 0.407 e. The van der Waals surface area contributed by atoms with E-state index < -0.39 is 28.4 Å². The number of benzene rings is 1. The molecule has 43 heavy (non-hydrogen) atoms. The molecule has 2 aliphatic heterocycles. The number of carboxylic acid groups (broad SMARTS) is 1. The number of amides is 1. The molecule has 5 rings (SSSR count). The molecule has 1 aromatic carbocycles. The van der Waals surface area contributed by atoms with Crippen LogP contribution in [0.25, 0.3) is 0 Å². The van der Waals surface area contributed by atoms with Gasteiger partial charge in [-0.3, -0.25) is 14.9 Å². The van der Waals surface area contributed by atoms with E-state index in [0.717, 1.165) is 30.5 Å². The highest BCUT2D eigenvalue weighted by molar-refractivity contribution is 5.85. The Hall–Kier alpha value is -4.51. The molecule has 1 aromatic heterocycles. The molecule has 3 atom stereocenters. The van der Waals surface area contributed by atoms with Crippen molar-refractivity contribution in [2.45, 2.75) is 56.0 Å². The summed E-state index contributed by atoms with van der Waals surface area (Å²) in [5.41, 5.74) is 0.169. The summed E-state index contributed by atoms with van der Waals surface area (Å²) in [4.78, 5) is 51.4. The summed E-state index contributed by atoms with van der Waals surface area (Å²) in [5, 5.41) is 31.7. The van der Waals surface area contributed by atoms with Gasteiger partial charge in [0, 0.05) is 32.1 Å². The standard InChI is InChI=1S/C29H35N7O7/c1-33-13-5-7-21(33)18-43-27-31-23(16-29(26(37)42-2)11-9-19-6-3-4-8-22(19)29)24(36(40)41)25(32-27)34-14-15-35(28(38)39)20(17-34)10-12-30/h3-4,6,8,20-21H,5,7,9-11,13-18H2,1-2H3,(H,38,39)/t20-,21?,29?/m0/s1. The van der Waals surface area contributed by atoms with Gasteiger partial charge in [0.15, 0.2) is 0 Å². The summed E-state index contributed by atoms with van der Waals surface area (Å²) < 4.78 is 11.3. The molecule has 0 saturated carbocycles. The van der Waals surface area contributed by atoms with Crippen molar-refractivity contribution >= 4 is 23.6 Å². The number of hydrogen-bond donors (Lipinski definition) is 1. The Balaban J connectivity index is 1.60. The molecule has 228 valence electrons. The van der Waals surface area contributed by atoms with E-state index in [1.165, 1.54) is 12.0 Å². The molecular formula is C29H35N7O7. The lowest BCUT2D eigenvalue weighted by Crippen LogP contribution is -2.55. The number of fused-ring (bicyclic) bond motifs is 1. The largest absolute Gasteiger partial charge is 0.468 e. The number of likely N-dealkylation sites (tertiary alicyclic amines) is 1. The van der Waals surface area contributed by atoms with Gasteiger partial charge in [0.1, 0.15) is 12.3 Å². The van der Waals surface area contributed by atoms with Crippen LogP contribution in [0.2, 0.25) is 0 Å². The Morgan fingerprint density at radius 1 is 1.23 bits per heavy atom. The normalized spacial score (nSPS) is 23.5. The Bertz CT molecular complexity index is 1450. The second-order valence-electron chi connectivity index (χ2n) is 11.3. The Labute approximate surface area is 249 Å². The molecule has 14 nitrogen and oxygen atoms in total. The van der Waals surface area contributed by atoms with E-state index in [9.17, 15) is 30.1 Å². The number of esters is 1. The van der Waals surface area contributed by atoms with Gasteiger partial charge in [-0.05, 0) is 50.4 Å². The second-order valence-corrected chi connectivity index (χ2v) is 11.3. The first-order valence-corrected chi connectivity index (χ1v) is 14.3. The van der Waals surface area contributed by atoms with Crippen molar-refractivity contribution in [3.8, 4) is 12.1 Å². The zero-order valence-electron chi connectivity index (χ0n) is 24.3. The van der Waals surface area contributed by atoms with E-state index in [1.807, 2.05) is 37.4 Å². The third-order valence-corrected chi connectivity index (χ3v) is 8.93. The first kappa shape index (κ1) is 30.0. The molecule has 3 heterocycles. The van der Waals surface area contributed by atoms with E-state index in [2.05, 4.69) is 14.9 Å². The fourth-order valence-electron chi connectivity index (χ4n) is 6.64. The Morgan fingerprint density at radius 2 is 2.02 bits per heavy atom. The van der Waals surface area contributed by atoms with Crippen molar-refractivity contribution in [3.63, 3.8) is 0 Å². The number of aromatic nitrogens is 2. The molecule has 2 unspecified atom stereocenters. The quantitative estimate of drug-likeness (QED) is 0.256. The lowest BCUT2D eigenvalue weighted by molar-refractivity contribution is -0.385.